The van der Waals surface area contributed by atoms with Gasteiger partial charge in [-0.3, -0.25) is 4.79 Å². The number of carbonyl (C=O) groups is 1. The van der Waals surface area contributed by atoms with E-state index in [1.54, 1.807) is 5.57 Å². The second-order valence-corrected chi connectivity index (χ2v) is 15.1. The first-order valence-corrected chi connectivity index (χ1v) is 16.7. The van der Waals surface area contributed by atoms with Crippen LogP contribution in [0.25, 0.3) is 0 Å². The molecule has 0 unspecified atom stereocenters. The number of esters is 1. The predicted octanol–water partition coefficient (Wildman–Crippen LogP) is 10.2. The average molecular weight is 565 g/mol. The van der Waals surface area contributed by atoms with Crippen molar-refractivity contribution in [3.63, 3.8) is 0 Å². The summed E-state index contributed by atoms with van der Waals surface area (Å²) in [6.45, 7) is 14.8. The highest BCUT2D eigenvalue weighted by Gasteiger charge is 2.59. The summed E-state index contributed by atoms with van der Waals surface area (Å²) in [5, 5.41) is 0.695. The lowest BCUT2D eigenvalue weighted by atomic mass is 9.47. The Labute approximate surface area is 249 Å². The number of hydrogen-bond acceptors (Lipinski definition) is 2. The Morgan fingerprint density at radius 1 is 1.02 bits per heavy atom. The van der Waals surface area contributed by atoms with Crippen LogP contribution in [0.2, 0.25) is 5.02 Å². The first-order chi connectivity index (χ1) is 19.0. The minimum absolute atomic E-state index is 0.0193. The molecular formula is C37H53ClO2. The van der Waals surface area contributed by atoms with Gasteiger partial charge in [0.15, 0.2) is 0 Å². The van der Waals surface area contributed by atoms with Gasteiger partial charge >= 0.3 is 5.97 Å². The molecule has 220 valence electrons. The predicted molar refractivity (Wildman–Crippen MR) is 167 cm³/mol. The zero-order valence-corrected chi connectivity index (χ0v) is 26.7. The van der Waals surface area contributed by atoms with E-state index in [1.807, 2.05) is 24.3 Å². The minimum atomic E-state index is -0.113. The molecule has 40 heavy (non-hydrogen) atoms. The average Bonchev–Trinajstić information content (AvgIpc) is 3.27. The maximum absolute atomic E-state index is 12.7. The second kappa shape index (κ2) is 12.0. The highest BCUT2D eigenvalue weighted by molar-refractivity contribution is 6.30. The van der Waals surface area contributed by atoms with Gasteiger partial charge in [0, 0.05) is 11.4 Å². The maximum atomic E-state index is 12.7. The van der Waals surface area contributed by atoms with E-state index >= 15 is 0 Å². The fraction of sp³-hybridized carbons (Fsp3) is 0.703. The molecule has 4 aliphatic rings. The van der Waals surface area contributed by atoms with Crippen LogP contribution in [0.15, 0.2) is 48.1 Å². The van der Waals surface area contributed by atoms with Gasteiger partial charge < -0.3 is 4.74 Å². The molecule has 1 aromatic rings. The van der Waals surface area contributed by atoms with Gasteiger partial charge in [-0.15, -0.1) is 0 Å². The van der Waals surface area contributed by atoms with Crippen LogP contribution in [0.3, 0.4) is 0 Å². The van der Waals surface area contributed by atoms with Gasteiger partial charge in [0.2, 0.25) is 0 Å². The molecule has 9 atom stereocenters. The summed E-state index contributed by atoms with van der Waals surface area (Å²) in [5.41, 5.74) is 3.29. The molecule has 0 amide bonds. The number of carbonyl (C=O) groups excluding carboxylic acids is 1. The fourth-order valence-electron chi connectivity index (χ4n) is 9.91. The Morgan fingerprint density at radius 3 is 2.48 bits per heavy atom. The van der Waals surface area contributed by atoms with Crippen LogP contribution >= 0.6 is 11.6 Å². The van der Waals surface area contributed by atoms with Crippen LogP contribution in [-0.4, -0.2) is 12.1 Å². The van der Waals surface area contributed by atoms with E-state index in [0.717, 1.165) is 54.4 Å². The number of ether oxygens (including phenoxy) is 1. The Hall–Kier alpha value is -1.54. The third-order valence-electron chi connectivity index (χ3n) is 12.3. The number of hydrogen-bond donors (Lipinski definition) is 0. The maximum Gasteiger partial charge on any atom is 0.310 e. The number of benzene rings is 1. The van der Waals surface area contributed by atoms with Gasteiger partial charge in [-0.25, -0.2) is 0 Å². The van der Waals surface area contributed by atoms with Crippen molar-refractivity contribution >= 4 is 17.6 Å². The van der Waals surface area contributed by atoms with Gasteiger partial charge in [0.1, 0.15) is 6.10 Å². The highest BCUT2D eigenvalue weighted by atomic mass is 35.5. The number of fused-ring (bicyclic) bond motifs is 5. The molecule has 0 radical (unpaired) electrons. The minimum Gasteiger partial charge on any atom is -0.462 e. The number of allylic oxidation sites excluding steroid dienone is 3. The van der Waals surface area contributed by atoms with Crippen LogP contribution in [-0.2, 0) is 16.0 Å². The smallest absolute Gasteiger partial charge is 0.310 e. The van der Waals surface area contributed by atoms with Crippen LogP contribution < -0.4 is 0 Å². The van der Waals surface area contributed by atoms with Crippen LogP contribution in [0, 0.1) is 52.3 Å². The van der Waals surface area contributed by atoms with Crippen molar-refractivity contribution in [2.75, 3.05) is 0 Å². The van der Waals surface area contributed by atoms with Crippen molar-refractivity contribution in [3.05, 3.63) is 58.7 Å². The summed E-state index contributed by atoms with van der Waals surface area (Å²) < 4.78 is 6.02. The summed E-state index contributed by atoms with van der Waals surface area (Å²) in [7, 11) is 0. The molecule has 0 bridgehead atoms. The van der Waals surface area contributed by atoms with E-state index in [0.29, 0.717) is 28.7 Å². The van der Waals surface area contributed by atoms with E-state index in [2.05, 4.69) is 59.8 Å². The highest BCUT2D eigenvalue weighted by Crippen LogP contribution is 2.67. The van der Waals surface area contributed by atoms with Gasteiger partial charge in [0.25, 0.3) is 0 Å². The first kappa shape index (κ1) is 29.9. The van der Waals surface area contributed by atoms with Crippen molar-refractivity contribution < 1.29 is 9.53 Å². The first-order valence-electron chi connectivity index (χ1n) is 16.4. The lowest BCUT2D eigenvalue weighted by Crippen LogP contribution is -2.51. The largest absolute Gasteiger partial charge is 0.462 e. The molecule has 1 aromatic carbocycles. The van der Waals surface area contributed by atoms with E-state index in [4.69, 9.17) is 16.3 Å². The normalized spacial score (nSPS) is 36.9. The molecule has 3 heteroatoms. The van der Waals surface area contributed by atoms with E-state index in [-0.39, 0.29) is 17.5 Å². The molecule has 4 aliphatic carbocycles. The standard InChI is InChI=1S/C37H53ClO2/c1-7-27(24(2)3)11-8-25(4)32-16-17-33-31-15-12-28-23-30(40-35(39)22-26-9-13-29(38)14-10-26)18-20-36(28,5)34(31)19-21-37(32,33)6/h8-14,24-25,27,30-34H,7,15-23H2,1-6H3/t25-,27-,30+,31+,32-,33+,34+,36+,37-/m1/s1. The molecule has 0 aliphatic heterocycles. The van der Waals surface area contributed by atoms with Crippen molar-refractivity contribution in [1.82, 2.24) is 0 Å². The lowest BCUT2D eigenvalue weighted by molar-refractivity contribution is -0.150. The molecular weight excluding hydrogens is 512 g/mol. The molecule has 0 heterocycles. The summed E-state index contributed by atoms with van der Waals surface area (Å²) in [4.78, 5) is 12.7. The third kappa shape index (κ3) is 5.73. The monoisotopic (exact) mass is 564 g/mol. The van der Waals surface area contributed by atoms with Gasteiger partial charge in [-0.1, -0.05) is 89.1 Å². The summed E-state index contributed by atoms with van der Waals surface area (Å²) in [6, 6.07) is 7.51. The van der Waals surface area contributed by atoms with Crippen LogP contribution in [0.4, 0.5) is 0 Å². The zero-order chi connectivity index (χ0) is 28.7. The van der Waals surface area contributed by atoms with Crippen molar-refractivity contribution in [1.29, 1.82) is 0 Å². The van der Waals surface area contributed by atoms with E-state index < -0.39 is 0 Å². The fourth-order valence-corrected chi connectivity index (χ4v) is 10.0. The lowest BCUT2D eigenvalue weighted by Gasteiger charge is -2.58. The van der Waals surface area contributed by atoms with Crippen molar-refractivity contribution in [2.24, 2.45) is 52.3 Å². The molecule has 2 nitrogen and oxygen atoms in total. The van der Waals surface area contributed by atoms with Crippen LogP contribution in [0.1, 0.15) is 105 Å². The molecule has 0 saturated heterocycles. The molecule has 0 spiro atoms. The summed E-state index contributed by atoms with van der Waals surface area (Å²) in [6.07, 6.45) is 19.2. The zero-order valence-electron chi connectivity index (χ0n) is 25.9. The third-order valence-corrected chi connectivity index (χ3v) is 12.6. The SMILES string of the molecule is CC[C@H](C=C[C@@H](C)[C@H]1CC[C@H]2[C@@H]3CC=C4C[C@@H](OC(=O)Cc5ccc(Cl)cc5)CC[C@]4(C)[C@H]3CC[C@]12C)C(C)C. The molecule has 3 fully saturated rings. The van der Waals surface area contributed by atoms with Crippen LogP contribution in [0.5, 0.6) is 0 Å². The van der Waals surface area contributed by atoms with Gasteiger partial charge in [-0.2, -0.15) is 0 Å². The summed E-state index contributed by atoms with van der Waals surface area (Å²) in [5.74, 6) is 5.25. The Kier molecular flexibility index (Phi) is 8.97. The Morgan fingerprint density at radius 2 is 1.77 bits per heavy atom. The van der Waals surface area contributed by atoms with Gasteiger partial charge in [0.05, 0.1) is 6.42 Å². The van der Waals surface area contributed by atoms with E-state index in [1.165, 1.54) is 38.5 Å². The Balaban J connectivity index is 1.23. The Bertz CT molecular complexity index is 1100. The van der Waals surface area contributed by atoms with Crippen molar-refractivity contribution in [3.8, 4) is 0 Å². The summed E-state index contributed by atoms with van der Waals surface area (Å²) >= 11 is 6.00. The number of halogens is 1. The van der Waals surface area contributed by atoms with Crippen molar-refractivity contribution in [2.45, 2.75) is 112 Å². The van der Waals surface area contributed by atoms with E-state index in [9.17, 15) is 4.79 Å². The molecule has 5 rings (SSSR count). The molecule has 0 N–H and O–H groups in total. The number of rotatable bonds is 8. The second-order valence-electron chi connectivity index (χ2n) is 14.7. The molecule has 3 saturated carbocycles. The molecule has 0 aromatic heterocycles. The quantitative estimate of drug-likeness (QED) is 0.232. The van der Waals surface area contributed by atoms with Gasteiger partial charge in [-0.05, 0) is 121 Å². The topological polar surface area (TPSA) is 26.3 Å².